The summed E-state index contributed by atoms with van der Waals surface area (Å²) in [4.78, 5) is 0. The number of hydrogen-bond acceptors (Lipinski definition) is 1. The Balaban J connectivity index is 1.31. The van der Waals surface area contributed by atoms with Crippen LogP contribution in [0.1, 0.15) is 27.7 Å². The van der Waals surface area contributed by atoms with Crippen LogP contribution in [0.3, 0.4) is 0 Å². The zero-order chi connectivity index (χ0) is 34.5. The Morgan fingerprint density at radius 3 is 1.87 bits per heavy atom. The van der Waals surface area contributed by atoms with E-state index in [1.54, 1.807) is 12.1 Å². The molecule has 0 N–H and O–H groups in total. The summed E-state index contributed by atoms with van der Waals surface area (Å²) < 4.78 is 67.1. The second kappa shape index (κ2) is 10.4. The highest BCUT2D eigenvalue weighted by molar-refractivity contribution is 6.32. The standard InChI is InChI=1S/C42H33F3NO/c1-25-13-18-34-35-20-19-33-31-11-6-5-9-29(31)30-10-7-8-12-32(30)38(33)40(35)47-39(34)37(25)36-23-28(21-22-46(36)4)27-16-14-26(15-17-27)24-41(2,3)42(43,44)45/h5-23H,24H2,1-4H3/q+1/i24D2. The topological polar surface area (TPSA) is 17.0 Å². The van der Waals surface area contributed by atoms with E-state index < -0.39 is 18.0 Å². The van der Waals surface area contributed by atoms with E-state index in [2.05, 4.69) is 85.8 Å². The van der Waals surface area contributed by atoms with E-state index in [-0.39, 0.29) is 5.56 Å². The Morgan fingerprint density at radius 2 is 1.21 bits per heavy atom. The third-order valence-corrected chi connectivity index (χ3v) is 9.51. The van der Waals surface area contributed by atoms with Crippen LogP contribution in [-0.2, 0) is 13.4 Å². The van der Waals surface area contributed by atoms with Crippen molar-refractivity contribution < 1.29 is 24.9 Å². The number of benzene rings is 6. The number of furan rings is 1. The highest BCUT2D eigenvalue weighted by Crippen LogP contribution is 2.44. The van der Waals surface area contributed by atoms with E-state index in [9.17, 15) is 13.2 Å². The molecule has 0 bridgehead atoms. The fraction of sp³-hybridized carbons (Fsp3) is 0.167. The third kappa shape index (κ3) is 4.59. The number of rotatable bonds is 4. The smallest absolute Gasteiger partial charge is 0.394 e. The largest absolute Gasteiger partial charge is 0.454 e. The zero-order valence-electron chi connectivity index (χ0n) is 28.5. The molecule has 8 aromatic rings. The van der Waals surface area contributed by atoms with Gasteiger partial charge in [0.2, 0.25) is 5.69 Å². The lowest BCUT2D eigenvalue weighted by Gasteiger charge is -2.27. The van der Waals surface area contributed by atoms with Gasteiger partial charge in [-0.3, -0.25) is 0 Å². The summed E-state index contributed by atoms with van der Waals surface area (Å²) in [5.74, 6) is 0. The van der Waals surface area contributed by atoms with Crippen LogP contribution in [0.25, 0.3) is 76.6 Å². The molecule has 0 aliphatic carbocycles. The van der Waals surface area contributed by atoms with Crippen molar-refractivity contribution in [3.63, 3.8) is 0 Å². The number of aryl methyl sites for hydroxylation is 2. The molecule has 0 saturated carbocycles. The number of pyridine rings is 1. The quantitative estimate of drug-likeness (QED) is 0.140. The fourth-order valence-electron chi connectivity index (χ4n) is 6.88. The molecule has 47 heavy (non-hydrogen) atoms. The van der Waals surface area contributed by atoms with E-state index in [4.69, 9.17) is 7.16 Å². The maximum atomic E-state index is 13.8. The van der Waals surface area contributed by atoms with Gasteiger partial charge in [0, 0.05) is 31.0 Å². The van der Waals surface area contributed by atoms with Crippen LogP contribution in [0.2, 0.25) is 0 Å². The molecular formula is C42H33F3NO+. The summed E-state index contributed by atoms with van der Waals surface area (Å²) in [5, 5.41) is 8.96. The Morgan fingerprint density at radius 1 is 0.660 bits per heavy atom. The van der Waals surface area contributed by atoms with Gasteiger partial charge in [-0.1, -0.05) is 105 Å². The molecule has 2 heterocycles. The Bertz CT molecular complexity index is 2580. The minimum absolute atomic E-state index is 0.0179. The number of halogens is 3. The first-order chi connectivity index (χ1) is 23.3. The van der Waals surface area contributed by atoms with Gasteiger partial charge in [-0.25, -0.2) is 4.57 Å². The normalized spacial score (nSPS) is 13.6. The van der Waals surface area contributed by atoms with Crippen molar-refractivity contribution in [2.75, 3.05) is 0 Å². The molecule has 0 aliphatic heterocycles. The second-order valence-corrected chi connectivity index (χ2v) is 12.9. The van der Waals surface area contributed by atoms with E-state index in [1.807, 2.05) is 23.9 Å². The van der Waals surface area contributed by atoms with E-state index in [0.29, 0.717) is 0 Å². The molecule has 0 amide bonds. The van der Waals surface area contributed by atoms with Crippen molar-refractivity contribution in [1.82, 2.24) is 0 Å². The van der Waals surface area contributed by atoms with Gasteiger partial charge in [-0.2, -0.15) is 13.2 Å². The number of aromatic nitrogens is 1. The molecule has 0 spiro atoms. The summed E-state index contributed by atoms with van der Waals surface area (Å²) in [5.41, 5.74) is 3.57. The Labute approximate surface area is 273 Å². The van der Waals surface area contributed by atoms with Crippen molar-refractivity contribution in [1.29, 1.82) is 0 Å². The minimum atomic E-state index is -4.71. The number of alkyl halides is 3. The van der Waals surface area contributed by atoms with Crippen molar-refractivity contribution in [2.24, 2.45) is 12.5 Å². The van der Waals surface area contributed by atoms with Gasteiger partial charge in [-0.15, -0.1) is 0 Å². The summed E-state index contributed by atoms with van der Waals surface area (Å²) in [6.07, 6.45) is -5.37. The van der Waals surface area contributed by atoms with Gasteiger partial charge in [0.05, 0.1) is 11.0 Å². The summed E-state index contributed by atoms with van der Waals surface area (Å²) in [7, 11) is 1.98. The van der Waals surface area contributed by atoms with Gasteiger partial charge in [-0.05, 0) is 68.5 Å². The monoisotopic (exact) mass is 626 g/mol. The van der Waals surface area contributed by atoms with Gasteiger partial charge in [0.25, 0.3) is 0 Å². The van der Waals surface area contributed by atoms with Crippen molar-refractivity contribution in [3.8, 4) is 22.4 Å². The predicted octanol–water partition coefficient (Wildman–Crippen LogP) is 11.6. The molecule has 5 heteroatoms. The molecule has 0 aliphatic rings. The third-order valence-electron chi connectivity index (χ3n) is 9.51. The van der Waals surface area contributed by atoms with Crippen LogP contribution in [0.4, 0.5) is 13.2 Å². The van der Waals surface area contributed by atoms with E-state index in [1.165, 1.54) is 28.3 Å². The fourth-order valence-corrected chi connectivity index (χ4v) is 6.88. The SMILES string of the molecule is [2H]C([2H])(c1ccc(-c2cc[n+](C)c(-c3c(C)ccc4c3oc3c4ccc4c5ccccc5c5ccccc5c43)c2)cc1)C(C)(C)C(F)(F)F. The van der Waals surface area contributed by atoms with Crippen LogP contribution >= 0.6 is 0 Å². The first kappa shape index (κ1) is 27.0. The van der Waals surface area contributed by atoms with Gasteiger partial charge < -0.3 is 4.42 Å². The van der Waals surface area contributed by atoms with Crippen molar-refractivity contribution >= 4 is 54.3 Å². The average Bonchev–Trinajstić information content (AvgIpc) is 3.47. The summed E-state index contributed by atoms with van der Waals surface area (Å²) in [6.45, 7) is 3.87. The van der Waals surface area contributed by atoms with Crippen molar-refractivity contribution in [3.05, 3.63) is 127 Å². The number of nitrogens with zero attached hydrogens (tertiary/aromatic N) is 1. The van der Waals surface area contributed by atoms with Crippen LogP contribution in [0.5, 0.6) is 0 Å². The van der Waals surface area contributed by atoms with Crippen LogP contribution in [0.15, 0.2) is 120 Å². The highest BCUT2D eigenvalue weighted by atomic mass is 19.4. The van der Waals surface area contributed by atoms with Gasteiger partial charge in [0.15, 0.2) is 6.20 Å². The van der Waals surface area contributed by atoms with E-state index in [0.717, 1.165) is 79.9 Å². The first-order valence-electron chi connectivity index (χ1n) is 16.7. The average molecular weight is 627 g/mol. The molecule has 0 unspecified atom stereocenters. The number of fused-ring (bicyclic) bond motifs is 10. The van der Waals surface area contributed by atoms with Crippen LogP contribution in [0, 0.1) is 12.3 Å². The minimum Gasteiger partial charge on any atom is -0.454 e. The molecule has 2 nitrogen and oxygen atoms in total. The second-order valence-electron chi connectivity index (χ2n) is 12.9. The number of hydrogen-bond donors (Lipinski definition) is 0. The Kier molecular flexibility index (Phi) is 5.99. The molecule has 232 valence electrons. The molecule has 0 fully saturated rings. The lowest BCUT2D eigenvalue weighted by molar-refractivity contribution is -0.660. The van der Waals surface area contributed by atoms with Crippen molar-refractivity contribution in [2.45, 2.75) is 33.3 Å². The lowest BCUT2D eigenvalue weighted by Crippen LogP contribution is -2.34. The molecular weight excluding hydrogens is 591 g/mol. The molecule has 2 aromatic heterocycles. The van der Waals surface area contributed by atoms with Gasteiger partial charge >= 0.3 is 6.18 Å². The zero-order valence-corrected chi connectivity index (χ0v) is 26.5. The van der Waals surface area contributed by atoms with Crippen LogP contribution in [-0.4, -0.2) is 6.18 Å². The maximum absolute atomic E-state index is 13.8. The molecule has 0 atom stereocenters. The molecule has 0 saturated heterocycles. The predicted molar refractivity (Wildman–Crippen MR) is 187 cm³/mol. The molecule has 8 rings (SSSR count). The summed E-state index contributed by atoms with van der Waals surface area (Å²) >= 11 is 0. The molecule has 6 aromatic carbocycles. The lowest BCUT2D eigenvalue weighted by atomic mass is 9.84. The van der Waals surface area contributed by atoms with Crippen LogP contribution < -0.4 is 4.57 Å². The summed E-state index contributed by atoms with van der Waals surface area (Å²) in [6, 6.07) is 35.8. The van der Waals surface area contributed by atoms with Gasteiger partial charge in [0.1, 0.15) is 18.2 Å². The van der Waals surface area contributed by atoms with E-state index >= 15 is 0 Å². The molecule has 0 radical (unpaired) electrons. The maximum Gasteiger partial charge on any atom is 0.394 e. The Hall–Kier alpha value is -5.16. The highest BCUT2D eigenvalue weighted by Gasteiger charge is 2.46. The first-order valence-corrected chi connectivity index (χ1v) is 15.7.